The molecule has 3 aromatic rings. The van der Waals surface area contributed by atoms with E-state index in [0.29, 0.717) is 0 Å². The molecule has 180 valence electrons. The Balaban J connectivity index is 1.85. The molecule has 0 aliphatic heterocycles. The summed E-state index contributed by atoms with van der Waals surface area (Å²) in [5.74, 6) is -0.0304. The minimum Gasteiger partial charge on any atom is -0.333 e. The Labute approximate surface area is 203 Å². The highest BCUT2D eigenvalue weighted by Crippen LogP contribution is 2.47. The third kappa shape index (κ3) is 6.89. The number of carbonyl (C=O) groups is 1. The monoisotopic (exact) mass is 478 g/mol. The summed E-state index contributed by atoms with van der Waals surface area (Å²) in [5, 5.41) is 2.98. The van der Waals surface area contributed by atoms with Gasteiger partial charge in [0.05, 0.1) is 0 Å². The highest BCUT2D eigenvalue weighted by molar-refractivity contribution is 7.56. The molecular formula is C28H35N2O3P. The summed E-state index contributed by atoms with van der Waals surface area (Å²) in [7, 11) is -3.98. The maximum atomic E-state index is 13.6. The number of benzene rings is 3. The molecule has 6 heteroatoms. The second-order valence-corrected chi connectivity index (χ2v) is 11.5. The van der Waals surface area contributed by atoms with Gasteiger partial charge in [-0.25, -0.2) is 4.67 Å². The Bertz CT molecular complexity index is 1060. The number of carbonyl (C=O) groups excluding carboxylic acids is 1. The van der Waals surface area contributed by atoms with Gasteiger partial charge in [0, 0.05) is 18.8 Å². The van der Waals surface area contributed by atoms with E-state index in [9.17, 15) is 14.3 Å². The summed E-state index contributed by atoms with van der Waals surface area (Å²) < 4.78 is 15.1. The van der Waals surface area contributed by atoms with Gasteiger partial charge < -0.3 is 10.2 Å². The van der Waals surface area contributed by atoms with Crippen LogP contribution in [0, 0.1) is 0 Å². The maximum Gasteiger partial charge on any atom is 0.279 e. The first-order chi connectivity index (χ1) is 16.2. The quantitative estimate of drug-likeness (QED) is 0.316. The lowest BCUT2D eigenvalue weighted by atomic mass is 9.92. The van der Waals surface area contributed by atoms with Crippen LogP contribution in [0.4, 0.5) is 5.69 Å². The van der Waals surface area contributed by atoms with Gasteiger partial charge in [-0.05, 0) is 34.1 Å². The number of hydrogen-bond donors (Lipinski definition) is 2. The van der Waals surface area contributed by atoms with Gasteiger partial charge in [-0.15, -0.1) is 0 Å². The van der Waals surface area contributed by atoms with Crippen molar-refractivity contribution in [2.24, 2.45) is 0 Å². The van der Waals surface area contributed by atoms with Crippen LogP contribution < -0.4 is 5.32 Å². The van der Waals surface area contributed by atoms with Gasteiger partial charge in [-0.3, -0.25) is 9.36 Å². The largest absolute Gasteiger partial charge is 0.333 e. The number of rotatable bonds is 10. The molecule has 5 nitrogen and oxygen atoms in total. The molecule has 0 spiro atoms. The van der Waals surface area contributed by atoms with Crippen LogP contribution in [0.25, 0.3) is 0 Å². The fraction of sp³-hybridized carbons (Fsp3) is 0.321. The van der Waals surface area contributed by atoms with E-state index in [1.807, 2.05) is 78.9 Å². The van der Waals surface area contributed by atoms with E-state index in [2.05, 4.69) is 33.0 Å². The fourth-order valence-electron chi connectivity index (χ4n) is 4.03. The van der Waals surface area contributed by atoms with E-state index in [-0.39, 0.29) is 24.9 Å². The third-order valence-corrected chi connectivity index (χ3v) is 7.71. The Morgan fingerprint density at radius 2 is 1.24 bits per heavy atom. The lowest BCUT2D eigenvalue weighted by Crippen LogP contribution is -2.27. The van der Waals surface area contributed by atoms with Gasteiger partial charge in [0.15, 0.2) is 0 Å². The zero-order valence-corrected chi connectivity index (χ0v) is 21.3. The Hall–Kier alpha value is -2.72. The molecular weight excluding hydrogens is 443 g/mol. The lowest BCUT2D eigenvalue weighted by Gasteiger charge is -2.28. The minimum atomic E-state index is -3.98. The second-order valence-electron chi connectivity index (χ2n) is 9.29. The van der Waals surface area contributed by atoms with Gasteiger partial charge >= 0.3 is 0 Å². The first kappa shape index (κ1) is 25.9. The number of hydrogen-bond acceptors (Lipinski definition) is 2. The number of anilines is 1. The number of amides is 1. The molecule has 0 heterocycles. The molecule has 1 amide bonds. The molecule has 0 aliphatic carbocycles. The third-order valence-electron chi connectivity index (χ3n) is 5.84. The van der Waals surface area contributed by atoms with Crippen LogP contribution in [0.15, 0.2) is 78.9 Å². The summed E-state index contributed by atoms with van der Waals surface area (Å²) in [6, 6.07) is 25.1. The smallest absolute Gasteiger partial charge is 0.279 e. The fourth-order valence-corrected chi connectivity index (χ4v) is 5.45. The maximum absolute atomic E-state index is 13.6. The van der Waals surface area contributed by atoms with Crippen molar-refractivity contribution in [3.63, 3.8) is 0 Å². The SMILES string of the molecule is CC(C)c1cccc(C(C)C)c1NC(=O)CP(=O)(O)N(Cc1ccccc1)Cc1ccccc1. The molecule has 0 radical (unpaired) electrons. The van der Waals surface area contributed by atoms with E-state index in [1.165, 1.54) is 4.67 Å². The van der Waals surface area contributed by atoms with Gasteiger partial charge in [-0.2, -0.15) is 0 Å². The Morgan fingerprint density at radius 3 is 1.65 bits per heavy atom. The van der Waals surface area contributed by atoms with Crippen LogP contribution in [-0.4, -0.2) is 21.6 Å². The Kier molecular flexibility index (Phi) is 8.84. The molecule has 1 atom stereocenters. The van der Waals surface area contributed by atoms with Crippen molar-refractivity contribution in [2.75, 3.05) is 11.5 Å². The van der Waals surface area contributed by atoms with Gasteiger partial charge in [0.25, 0.3) is 7.52 Å². The van der Waals surface area contributed by atoms with Crippen LogP contribution in [0.3, 0.4) is 0 Å². The van der Waals surface area contributed by atoms with Gasteiger partial charge in [-0.1, -0.05) is 107 Å². The summed E-state index contributed by atoms with van der Waals surface area (Å²) in [4.78, 5) is 24.2. The standard InChI is InChI=1S/C28H35N2O3P/c1-21(2)25-16-11-17-26(22(3)4)28(25)29-27(31)20-34(32,33)30(18-23-12-7-5-8-13-23)19-24-14-9-6-10-15-24/h5-17,21-22H,18-20H2,1-4H3,(H,29,31)(H,32,33). The van der Waals surface area contributed by atoms with Crippen LogP contribution in [0.2, 0.25) is 0 Å². The van der Waals surface area contributed by atoms with E-state index < -0.39 is 19.6 Å². The molecule has 0 aromatic heterocycles. The zero-order valence-electron chi connectivity index (χ0n) is 20.4. The van der Waals surface area contributed by atoms with Crippen molar-refractivity contribution < 1.29 is 14.3 Å². The molecule has 0 bridgehead atoms. The molecule has 0 aliphatic rings. The normalized spacial score (nSPS) is 13.3. The van der Waals surface area contributed by atoms with Gasteiger partial charge in [0.1, 0.15) is 6.16 Å². The predicted octanol–water partition coefficient (Wildman–Crippen LogP) is 6.76. The molecule has 0 fully saturated rings. The lowest BCUT2D eigenvalue weighted by molar-refractivity contribution is -0.114. The van der Waals surface area contributed by atoms with Crippen molar-refractivity contribution in [2.45, 2.75) is 52.6 Å². The molecule has 0 saturated heterocycles. The van der Waals surface area contributed by atoms with E-state index in [4.69, 9.17) is 0 Å². The molecule has 0 saturated carbocycles. The van der Waals surface area contributed by atoms with Crippen molar-refractivity contribution in [3.05, 3.63) is 101 Å². The molecule has 34 heavy (non-hydrogen) atoms. The van der Waals surface area contributed by atoms with Crippen LogP contribution in [0.5, 0.6) is 0 Å². The first-order valence-electron chi connectivity index (χ1n) is 11.7. The minimum absolute atomic E-state index is 0.211. The summed E-state index contributed by atoms with van der Waals surface area (Å²) in [6.07, 6.45) is -0.476. The van der Waals surface area contributed by atoms with Gasteiger partial charge in [0.2, 0.25) is 5.91 Å². The highest BCUT2D eigenvalue weighted by Gasteiger charge is 2.32. The van der Waals surface area contributed by atoms with Crippen molar-refractivity contribution in [1.29, 1.82) is 0 Å². The second kappa shape index (κ2) is 11.6. The van der Waals surface area contributed by atoms with Crippen molar-refractivity contribution >= 4 is 19.1 Å². The number of nitrogens with one attached hydrogen (secondary N) is 1. The number of para-hydroxylation sites is 1. The average molecular weight is 479 g/mol. The molecule has 1 unspecified atom stereocenters. The van der Waals surface area contributed by atoms with Crippen LogP contribution >= 0.6 is 7.52 Å². The molecule has 3 rings (SSSR count). The van der Waals surface area contributed by atoms with E-state index in [0.717, 1.165) is 27.9 Å². The summed E-state index contributed by atoms with van der Waals surface area (Å²) in [5.41, 5.74) is 4.64. The number of nitrogens with zero attached hydrogens (tertiary/aromatic N) is 1. The topological polar surface area (TPSA) is 69.6 Å². The Morgan fingerprint density at radius 1 is 0.794 bits per heavy atom. The summed E-state index contributed by atoms with van der Waals surface area (Å²) in [6.45, 7) is 8.86. The molecule has 2 N–H and O–H groups in total. The predicted molar refractivity (Wildman–Crippen MR) is 140 cm³/mol. The van der Waals surface area contributed by atoms with Crippen molar-refractivity contribution in [1.82, 2.24) is 4.67 Å². The first-order valence-corrected chi connectivity index (χ1v) is 13.5. The van der Waals surface area contributed by atoms with Crippen LogP contribution in [0.1, 0.15) is 61.8 Å². The van der Waals surface area contributed by atoms with E-state index in [1.54, 1.807) is 0 Å². The average Bonchev–Trinajstić information content (AvgIpc) is 2.79. The zero-order chi connectivity index (χ0) is 24.7. The highest BCUT2D eigenvalue weighted by atomic mass is 31.2. The van der Waals surface area contributed by atoms with Crippen molar-refractivity contribution in [3.8, 4) is 0 Å². The van der Waals surface area contributed by atoms with E-state index >= 15 is 0 Å². The van der Waals surface area contributed by atoms with Crippen LogP contribution in [-0.2, 0) is 22.4 Å². The molecule has 3 aromatic carbocycles. The summed E-state index contributed by atoms with van der Waals surface area (Å²) >= 11 is 0.